The summed E-state index contributed by atoms with van der Waals surface area (Å²) >= 11 is 0. The van der Waals surface area contributed by atoms with Gasteiger partial charge in [-0.05, 0) is 26.3 Å². The fourth-order valence-electron chi connectivity index (χ4n) is 0.801. The monoisotopic (exact) mass is 150 g/mol. The van der Waals surface area contributed by atoms with Crippen LogP contribution in [-0.4, -0.2) is 6.10 Å². The van der Waals surface area contributed by atoms with Gasteiger partial charge in [0.15, 0.2) is 6.10 Å². The van der Waals surface area contributed by atoms with Crippen molar-refractivity contribution < 1.29 is 4.74 Å². The van der Waals surface area contributed by atoms with Crippen molar-refractivity contribution >= 4 is 0 Å². The Kier molecular flexibility index (Phi) is 2.96. The van der Waals surface area contributed by atoms with Crippen LogP contribution < -0.4 is 0 Å². The normalized spacial score (nSPS) is 26.7. The van der Waals surface area contributed by atoms with E-state index in [0.717, 1.165) is 12.2 Å². The first-order valence-corrected chi connectivity index (χ1v) is 3.99. The molecule has 1 heterocycles. The predicted octanol–water partition coefficient (Wildman–Crippen LogP) is 2.81. The Bertz CT molecular complexity index is 199. The summed E-state index contributed by atoms with van der Waals surface area (Å²) in [6.45, 7) is 4.07. The first-order valence-electron chi connectivity index (χ1n) is 3.99. The van der Waals surface area contributed by atoms with Crippen molar-refractivity contribution in [3.63, 3.8) is 0 Å². The number of ether oxygens (including phenoxy) is 1. The van der Waals surface area contributed by atoms with Crippen molar-refractivity contribution in [1.29, 1.82) is 0 Å². The molecule has 0 radical (unpaired) electrons. The summed E-state index contributed by atoms with van der Waals surface area (Å²) in [5.74, 6) is 1.10. The lowest BCUT2D eigenvalue weighted by Gasteiger charge is -1.75. The van der Waals surface area contributed by atoms with Crippen molar-refractivity contribution in [2.24, 2.45) is 0 Å². The van der Waals surface area contributed by atoms with Crippen molar-refractivity contribution in [3.05, 3.63) is 36.1 Å². The van der Waals surface area contributed by atoms with Crippen LogP contribution in [0, 0.1) is 0 Å². The Morgan fingerprint density at radius 3 is 2.73 bits per heavy atom. The molecule has 0 aromatic carbocycles. The highest BCUT2D eigenvalue weighted by Gasteiger charge is 2.25. The minimum Gasteiger partial charge on any atom is -0.483 e. The van der Waals surface area contributed by atoms with E-state index in [9.17, 15) is 0 Å². The molecule has 1 nitrogen and oxygen atoms in total. The molecule has 0 aromatic heterocycles. The molecule has 11 heavy (non-hydrogen) atoms. The lowest BCUT2D eigenvalue weighted by Crippen LogP contribution is -1.63. The van der Waals surface area contributed by atoms with E-state index in [1.807, 2.05) is 32.1 Å². The zero-order chi connectivity index (χ0) is 8.10. The van der Waals surface area contributed by atoms with Crippen LogP contribution in [0.15, 0.2) is 36.1 Å². The van der Waals surface area contributed by atoms with E-state index in [2.05, 4.69) is 12.2 Å². The maximum absolute atomic E-state index is 5.12. The second-order valence-corrected chi connectivity index (χ2v) is 2.56. The molecule has 0 spiro atoms. The van der Waals surface area contributed by atoms with Gasteiger partial charge in [-0.2, -0.15) is 0 Å². The third-order valence-electron chi connectivity index (χ3n) is 1.56. The van der Waals surface area contributed by atoms with Gasteiger partial charge >= 0.3 is 0 Å². The quantitative estimate of drug-likeness (QED) is 0.445. The average Bonchev–Trinajstić information content (AvgIpc) is 2.67. The largest absolute Gasteiger partial charge is 0.483 e. The van der Waals surface area contributed by atoms with Gasteiger partial charge in [0.05, 0.1) is 0 Å². The third-order valence-corrected chi connectivity index (χ3v) is 1.56. The lowest BCUT2D eigenvalue weighted by molar-refractivity contribution is 0.445. The minimum atomic E-state index is 0.362. The topological polar surface area (TPSA) is 12.5 Å². The van der Waals surface area contributed by atoms with Gasteiger partial charge in [0, 0.05) is 0 Å². The lowest BCUT2D eigenvalue weighted by atomic mass is 10.3. The van der Waals surface area contributed by atoms with Crippen LogP contribution in [0.2, 0.25) is 0 Å². The third kappa shape index (κ3) is 3.08. The summed E-state index contributed by atoms with van der Waals surface area (Å²) in [5, 5.41) is 0. The van der Waals surface area contributed by atoms with Gasteiger partial charge < -0.3 is 4.74 Å². The van der Waals surface area contributed by atoms with Gasteiger partial charge in [0.25, 0.3) is 0 Å². The molecule has 1 aliphatic heterocycles. The number of hydrogen-bond acceptors (Lipinski definition) is 1. The molecule has 1 fully saturated rings. The minimum absolute atomic E-state index is 0.362. The predicted molar refractivity (Wildman–Crippen MR) is 47.2 cm³/mol. The van der Waals surface area contributed by atoms with Gasteiger partial charge in [-0.25, -0.2) is 0 Å². The highest BCUT2D eigenvalue weighted by Crippen LogP contribution is 2.25. The zero-order valence-electron chi connectivity index (χ0n) is 7.08. The molecule has 1 aliphatic rings. The summed E-state index contributed by atoms with van der Waals surface area (Å²) in [7, 11) is 0. The Balaban J connectivity index is 2.16. The number of allylic oxidation sites excluding steroid dienone is 5. The van der Waals surface area contributed by atoms with E-state index in [-0.39, 0.29) is 0 Å². The maximum Gasteiger partial charge on any atom is 0.152 e. The van der Waals surface area contributed by atoms with E-state index < -0.39 is 0 Å². The summed E-state index contributed by atoms with van der Waals surface area (Å²) < 4.78 is 5.12. The fourth-order valence-corrected chi connectivity index (χ4v) is 0.801. The van der Waals surface area contributed by atoms with Gasteiger partial charge in [-0.15, -0.1) is 0 Å². The van der Waals surface area contributed by atoms with Crippen molar-refractivity contribution in [1.82, 2.24) is 0 Å². The molecule has 1 heteroatoms. The van der Waals surface area contributed by atoms with Crippen LogP contribution in [0.1, 0.15) is 20.3 Å². The summed E-state index contributed by atoms with van der Waals surface area (Å²) in [5.41, 5.74) is 0. The van der Waals surface area contributed by atoms with E-state index in [1.165, 1.54) is 0 Å². The highest BCUT2D eigenvalue weighted by molar-refractivity contribution is 5.19. The van der Waals surface area contributed by atoms with Crippen LogP contribution in [0.25, 0.3) is 0 Å². The Morgan fingerprint density at radius 2 is 2.18 bits per heavy atom. The first kappa shape index (κ1) is 8.12. The van der Waals surface area contributed by atoms with Crippen molar-refractivity contribution in [3.8, 4) is 0 Å². The second kappa shape index (κ2) is 4.02. The molecule has 1 saturated heterocycles. The van der Waals surface area contributed by atoms with Gasteiger partial charge in [0.1, 0.15) is 5.76 Å². The standard InChI is InChI=1S/C10H14O/c1-3-4-5-6-7-8-10-9(2)11-10/h3-4,6-9H,5H2,1-2H3/b4-3-,7-6-,10-8-. The highest BCUT2D eigenvalue weighted by atomic mass is 16.6. The second-order valence-electron chi connectivity index (χ2n) is 2.56. The summed E-state index contributed by atoms with van der Waals surface area (Å²) in [6, 6.07) is 0. The van der Waals surface area contributed by atoms with Crippen LogP contribution in [0.3, 0.4) is 0 Å². The molecule has 1 rings (SSSR count). The average molecular weight is 150 g/mol. The SMILES string of the molecule is C/C=C\C/C=C\C=C1/OC1C. The Hall–Kier alpha value is -0.980. The van der Waals surface area contributed by atoms with Gasteiger partial charge in [-0.1, -0.05) is 24.3 Å². The Labute approximate surface area is 68.1 Å². The fraction of sp³-hybridized carbons (Fsp3) is 0.400. The molecule has 1 atom stereocenters. The van der Waals surface area contributed by atoms with Crippen LogP contribution in [0.5, 0.6) is 0 Å². The van der Waals surface area contributed by atoms with E-state index in [0.29, 0.717) is 6.10 Å². The van der Waals surface area contributed by atoms with Gasteiger partial charge in [0.2, 0.25) is 0 Å². The number of hydrogen-bond donors (Lipinski definition) is 0. The van der Waals surface area contributed by atoms with Crippen molar-refractivity contribution in [2.45, 2.75) is 26.4 Å². The molecular formula is C10H14O. The van der Waals surface area contributed by atoms with E-state index in [4.69, 9.17) is 4.74 Å². The smallest absolute Gasteiger partial charge is 0.152 e. The number of epoxide rings is 1. The molecule has 60 valence electrons. The first-order chi connectivity index (χ1) is 5.34. The number of rotatable bonds is 3. The van der Waals surface area contributed by atoms with E-state index in [1.54, 1.807) is 0 Å². The van der Waals surface area contributed by atoms with Gasteiger partial charge in [-0.3, -0.25) is 0 Å². The molecule has 0 bridgehead atoms. The van der Waals surface area contributed by atoms with E-state index >= 15 is 0 Å². The molecule has 0 saturated carbocycles. The molecule has 1 unspecified atom stereocenters. The Morgan fingerprint density at radius 1 is 1.45 bits per heavy atom. The van der Waals surface area contributed by atoms with Crippen LogP contribution >= 0.6 is 0 Å². The van der Waals surface area contributed by atoms with Crippen molar-refractivity contribution in [2.75, 3.05) is 0 Å². The van der Waals surface area contributed by atoms with Crippen LogP contribution in [0.4, 0.5) is 0 Å². The summed E-state index contributed by atoms with van der Waals surface area (Å²) in [6.07, 6.45) is 11.7. The maximum atomic E-state index is 5.12. The molecule has 0 N–H and O–H groups in total. The van der Waals surface area contributed by atoms with Crippen LogP contribution in [-0.2, 0) is 4.74 Å². The molecular weight excluding hydrogens is 136 g/mol. The zero-order valence-corrected chi connectivity index (χ0v) is 7.08. The summed E-state index contributed by atoms with van der Waals surface area (Å²) in [4.78, 5) is 0. The molecule has 0 aliphatic carbocycles. The molecule has 0 amide bonds. The molecule has 0 aromatic rings.